The van der Waals surface area contributed by atoms with Crippen molar-refractivity contribution in [1.29, 1.82) is 0 Å². The van der Waals surface area contributed by atoms with Gasteiger partial charge < -0.3 is 14.8 Å². The molecule has 1 saturated heterocycles. The molecule has 4 aromatic carbocycles. The SMILES string of the molecule is CCOc1cc(/C=C2/SC(=O)N(CC(=O)Nc3cc(Cl)ccc3C)C2=O)cc(Br)c1OCc1cccc2ccccc12. The van der Waals surface area contributed by atoms with Crippen LogP contribution in [0, 0.1) is 6.92 Å². The Morgan fingerprint density at radius 3 is 2.64 bits per heavy atom. The van der Waals surface area contributed by atoms with Gasteiger partial charge in [0.25, 0.3) is 11.1 Å². The molecule has 4 aromatic rings. The van der Waals surface area contributed by atoms with Gasteiger partial charge in [-0.05, 0) is 99.3 Å². The van der Waals surface area contributed by atoms with Crippen molar-refractivity contribution >= 4 is 78.9 Å². The molecule has 7 nitrogen and oxygen atoms in total. The van der Waals surface area contributed by atoms with E-state index in [1.807, 2.05) is 38.1 Å². The third-order valence-corrected chi connectivity index (χ3v) is 8.26. The smallest absolute Gasteiger partial charge is 0.294 e. The Bertz CT molecular complexity index is 1740. The van der Waals surface area contributed by atoms with Crippen LogP contribution < -0.4 is 14.8 Å². The van der Waals surface area contributed by atoms with Gasteiger partial charge in [0.1, 0.15) is 13.2 Å². The molecule has 0 atom stereocenters. The van der Waals surface area contributed by atoms with E-state index in [9.17, 15) is 14.4 Å². The highest BCUT2D eigenvalue weighted by molar-refractivity contribution is 9.10. The lowest BCUT2D eigenvalue weighted by atomic mass is 10.1. The number of halogens is 2. The molecule has 1 heterocycles. The number of carbonyl (C=O) groups excluding carboxylic acids is 3. The van der Waals surface area contributed by atoms with Crippen LogP contribution in [0.3, 0.4) is 0 Å². The van der Waals surface area contributed by atoms with Crippen LogP contribution in [-0.2, 0) is 16.2 Å². The molecule has 1 N–H and O–H groups in total. The van der Waals surface area contributed by atoms with Gasteiger partial charge >= 0.3 is 0 Å². The fourth-order valence-corrected chi connectivity index (χ4v) is 6.08. The zero-order valence-corrected chi connectivity index (χ0v) is 25.9. The van der Waals surface area contributed by atoms with Crippen LogP contribution in [0.2, 0.25) is 5.02 Å². The predicted molar refractivity (Wildman–Crippen MR) is 171 cm³/mol. The quantitative estimate of drug-likeness (QED) is 0.181. The van der Waals surface area contributed by atoms with E-state index in [1.54, 1.807) is 36.4 Å². The summed E-state index contributed by atoms with van der Waals surface area (Å²) in [5.41, 5.74) is 3.00. The van der Waals surface area contributed by atoms with Gasteiger partial charge in [0.15, 0.2) is 11.5 Å². The van der Waals surface area contributed by atoms with Gasteiger partial charge in [-0.1, -0.05) is 60.1 Å². The second kappa shape index (κ2) is 13.0. The molecule has 0 aromatic heterocycles. The number of nitrogens with one attached hydrogen (secondary N) is 1. The number of hydrogen-bond donors (Lipinski definition) is 1. The third-order valence-electron chi connectivity index (χ3n) is 6.53. The molecular weight excluding hydrogens is 640 g/mol. The van der Waals surface area contributed by atoms with Gasteiger partial charge in [0.05, 0.1) is 16.0 Å². The molecule has 0 radical (unpaired) electrons. The van der Waals surface area contributed by atoms with Crippen LogP contribution >= 0.6 is 39.3 Å². The summed E-state index contributed by atoms with van der Waals surface area (Å²) in [4.78, 5) is 39.6. The maximum absolute atomic E-state index is 13.1. The van der Waals surface area contributed by atoms with Crippen molar-refractivity contribution in [2.24, 2.45) is 0 Å². The minimum Gasteiger partial charge on any atom is -0.490 e. The van der Waals surface area contributed by atoms with Gasteiger partial charge in [-0.2, -0.15) is 0 Å². The molecule has 0 spiro atoms. The molecule has 0 aliphatic carbocycles. The Balaban J connectivity index is 1.33. The lowest BCUT2D eigenvalue weighted by Crippen LogP contribution is -2.36. The minimum atomic E-state index is -0.548. The van der Waals surface area contributed by atoms with Crippen molar-refractivity contribution in [3.8, 4) is 11.5 Å². The van der Waals surface area contributed by atoms with E-state index in [1.165, 1.54) is 0 Å². The minimum absolute atomic E-state index is 0.200. The molecule has 5 rings (SSSR count). The van der Waals surface area contributed by atoms with Crippen LogP contribution in [0.4, 0.5) is 10.5 Å². The zero-order chi connectivity index (χ0) is 29.8. The van der Waals surface area contributed by atoms with Crippen LogP contribution in [0.15, 0.2) is 82.2 Å². The Labute approximate surface area is 260 Å². The van der Waals surface area contributed by atoms with E-state index in [0.29, 0.717) is 45.5 Å². The first kappa shape index (κ1) is 29.7. The average Bonchev–Trinajstić information content (AvgIpc) is 3.22. The molecule has 214 valence electrons. The molecule has 0 bridgehead atoms. The molecule has 1 fully saturated rings. The summed E-state index contributed by atoms with van der Waals surface area (Å²) in [7, 11) is 0. The van der Waals surface area contributed by atoms with Crippen LogP contribution in [-0.4, -0.2) is 35.1 Å². The Hall–Kier alpha value is -3.79. The number of carbonyl (C=O) groups is 3. The van der Waals surface area contributed by atoms with Crippen LogP contribution in [0.25, 0.3) is 16.8 Å². The summed E-state index contributed by atoms with van der Waals surface area (Å²) in [6.45, 7) is 4.01. The number of imide groups is 1. The summed E-state index contributed by atoms with van der Waals surface area (Å²) in [5.74, 6) is -0.0248. The molecule has 10 heteroatoms. The van der Waals surface area contributed by atoms with Gasteiger partial charge in [-0.3, -0.25) is 19.3 Å². The summed E-state index contributed by atoms with van der Waals surface area (Å²) in [6.07, 6.45) is 1.60. The van der Waals surface area contributed by atoms with Crippen molar-refractivity contribution in [1.82, 2.24) is 4.90 Å². The number of nitrogens with zero attached hydrogens (tertiary/aromatic N) is 1. The summed E-state index contributed by atoms with van der Waals surface area (Å²) >= 11 is 10.4. The molecule has 0 saturated carbocycles. The van der Waals surface area contributed by atoms with Crippen molar-refractivity contribution in [2.45, 2.75) is 20.5 Å². The summed E-state index contributed by atoms with van der Waals surface area (Å²) < 4.78 is 12.7. The van der Waals surface area contributed by atoms with E-state index in [-0.39, 0.29) is 4.91 Å². The molecule has 42 heavy (non-hydrogen) atoms. The van der Waals surface area contributed by atoms with Crippen molar-refractivity contribution in [2.75, 3.05) is 18.5 Å². The molecule has 1 aliphatic rings. The van der Waals surface area contributed by atoms with E-state index in [2.05, 4.69) is 39.4 Å². The molecule has 3 amide bonds. The fourth-order valence-electron chi connectivity index (χ4n) is 4.49. The second-order valence-electron chi connectivity index (χ2n) is 9.47. The van der Waals surface area contributed by atoms with Gasteiger partial charge in [0, 0.05) is 10.7 Å². The first-order chi connectivity index (χ1) is 20.2. The Morgan fingerprint density at radius 2 is 1.83 bits per heavy atom. The molecule has 1 aliphatic heterocycles. The Kier molecular flexibility index (Phi) is 9.21. The number of hydrogen-bond acceptors (Lipinski definition) is 6. The van der Waals surface area contributed by atoms with Crippen molar-refractivity contribution in [3.05, 3.63) is 104 Å². The second-order valence-corrected chi connectivity index (χ2v) is 11.7. The maximum Gasteiger partial charge on any atom is 0.294 e. The largest absolute Gasteiger partial charge is 0.490 e. The Morgan fingerprint density at radius 1 is 1.05 bits per heavy atom. The lowest BCUT2D eigenvalue weighted by Gasteiger charge is -2.16. The normalized spacial score (nSPS) is 14.1. The lowest BCUT2D eigenvalue weighted by molar-refractivity contribution is -0.127. The molecule has 0 unspecified atom stereocenters. The maximum atomic E-state index is 13.1. The van der Waals surface area contributed by atoms with Gasteiger partial charge in [-0.15, -0.1) is 0 Å². The van der Waals surface area contributed by atoms with E-state index in [4.69, 9.17) is 21.1 Å². The van der Waals surface area contributed by atoms with Crippen molar-refractivity contribution in [3.63, 3.8) is 0 Å². The number of thioether (sulfide) groups is 1. The summed E-state index contributed by atoms with van der Waals surface area (Å²) in [5, 5.41) is 4.90. The highest BCUT2D eigenvalue weighted by Crippen LogP contribution is 2.40. The standard InChI is InChI=1S/C32H26BrClN2O5S/c1-3-40-27-14-20(13-25(33)30(27)41-18-22-9-6-8-21-7-4-5-10-24(21)22)15-28-31(38)36(32(39)42-28)17-29(37)35-26-16-23(34)12-11-19(26)2/h4-16H,3,17-18H2,1-2H3,(H,35,37)/b28-15+. The number of amides is 3. The van der Waals surface area contributed by atoms with E-state index in [0.717, 1.165) is 38.6 Å². The number of fused-ring (bicyclic) bond motifs is 1. The van der Waals surface area contributed by atoms with Crippen molar-refractivity contribution < 1.29 is 23.9 Å². The van der Waals surface area contributed by atoms with E-state index >= 15 is 0 Å². The fraction of sp³-hybridized carbons (Fsp3) is 0.156. The number of aryl methyl sites for hydroxylation is 1. The summed E-state index contributed by atoms with van der Waals surface area (Å²) in [6, 6.07) is 22.9. The number of rotatable bonds is 9. The number of ether oxygens (including phenoxy) is 2. The van der Waals surface area contributed by atoms with E-state index < -0.39 is 23.6 Å². The first-order valence-electron chi connectivity index (χ1n) is 13.1. The monoisotopic (exact) mass is 664 g/mol. The topological polar surface area (TPSA) is 84.9 Å². The predicted octanol–water partition coefficient (Wildman–Crippen LogP) is 8.22. The first-order valence-corrected chi connectivity index (χ1v) is 15.1. The zero-order valence-electron chi connectivity index (χ0n) is 22.8. The number of anilines is 1. The number of benzene rings is 4. The average molecular weight is 666 g/mol. The van der Waals surface area contributed by atoms with Crippen LogP contribution in [0.1, 0.15) is 23.6 Å². The highest BCUT2D eigenvalue weighted by atomic mass is 79.9. The molecular formula is C32H26BrClN2O5S. The third kappa shape index (κ3) is 6.64. The van der Waals surface area contributed by atoms with Gasteiger partial charge in [0.2, 0.25) is 5.91 Å². The van der Waals surface area contributed by atoms with Crippen LogP contribution in [0.5, 0.6) is 11.5 Å². The highest BCUT2D eigenvalue weighted by Gasteiger charge is 2.36. The van der Waals surface area contributed by atoms with Gasteiger partial charge in [-0.25, -0.2) is 0 Å².